The number of likely N-dealkylation sites (tertiary alicyclic amines) is 1. The molecule has 1 fully saturated rings. The van der Waals surface area contributed by atoms with Crippen LogP contribution in [0.25, 0.3) is 0 Å². The molecule has 2 rings (SSSR count). The van der Waals surface area contributed by atoms with Crippen LogP contribution in [-0.4, -0.2) is 46.5 Å². The third-order valence-electron chi connectivity index (χ3n) is 4.03. The quantitative estimate of drug-likeness (QED) is 0.852. The fourth-order valence-corrected chi connectivity index (χ4v) is 4.17. The zero-order valence-electron chi connectivity index (χ0n) is 13.0. The Morgan fingerprint density at radius 1 is 1.29 bits per heavy atom. The molecule has 1 aromatic rings. The first-order valence-corrected chi connectivity index (χ1v) is 8.85. The molecule has 0 spiro atoms. The third kappa shape index (κ3) is 4.26. The SMILES string of the molecule is CNCc1ccc(S(=O)(=O)NC2CCN(C)CC2C)cc1. The van der Waals surface area contributed by atoms with E-state index in [4.69, 9.17) is 0 Å². The van der Waals surface area contributed by atoms with Crippen LogP contribution in [0.3, 0.4) is 0 Å². The molecule has 2 unspecified atom stereocenters. The Bertz CT molecular complexity index is 557. The highest BCUT2D eigenvalue weighted by Crippen LogP contribution is 2.19. The first-order valence-electron chi connectivity index (χ1n) is 7.37. The van der Waals surface area contributed by atoms with Crippen molar-refractivity contribution in [1.82, 2.24) is 14.9 Å². The van der Waals surface area contributed by atoms with Gasteiger partial charge in [-0.05, 0) is 50.7 Å². The molecule has 0 aliphatic carbocycles. The fraction of sp³-hybridized carbons (Fsp3) is 0.600. The van der Waals surface area contributed by atoms with Gasteiger partial charge in [0, 0.05) is 19.1 Å². The summed E-state index contributed by atoms with van der Waals surface area (Å²) in [4.78, 5) is 2.58. The lowest BCUT2D eigenvalue weighted by Crippen LogP contribution is -2.48. The predicted octanol–water partition coefficient (Wildman–Crippen LogP) is 1.02. The summed E-state index contributed by atoms with van der Waals surface area (Å²) in [6.07, 6.45) is 0.856. The highest BCUT2D eigenvalue weighted by atomic mass is 32.2. The topological polar surface area (TPSA) is 61.4 Å². The second-order valence-electron chi connectivity index (χ2n) is 5.93. The number of hydrogen-bond donors (Lipinski definition) is 2. The molecule has 6 heteroatoms. The van der Waals surface area contributed by atoms with Crippen LogP contribution < -0.4 is 10.0 Å². The van der Waals surface area contributed by atoms with E-state index in [2.05, 4.69) is 28.9 Å². The smallest absolute Gasteiger partial charge is 0.240 e. The van der Waals surface area contributed by atoms with Gasteiger partial charge < -0.3 is 10.2 Å². The maximum atomic E-state index is 12.5. The molecule has 1 aliphatic rings. The van der Waals surface area contributed by atoms with E-state index in [9.17, 15) is 8.42 Å². The first kappa shape index (κ1) is 16.4. The van der Waals surface area contributed by atoms with Crippen molar-refractivity contribution >= 4 is 10.0 Å². The normalized spacial score (nSPS) is 24.1. The van der Waals surface area contributed by atoms with E-state index >= 15 is 0 Å². The van der Waals surface area contributed by atoms with E-state index in [0.29, 0.717) is 10.8 Å². The van der Waals surface area contributed by atoms with Crippen LogP contribution in [0.15, 0.2) is 29.2 Å². The first-order chi connectivity index (χ1) is 9.92. The van der Waals surface area contributed by atoms with Crippen molar-refractivity contribution in [3.05, 3.63) is 29.8 Å². The van der Waals surface area contributed by atoms with E-state index in [-0.39, 0.29) is 6.04 Å². The number of nitrogens with one attached hydrogen (secondary N) is 2. The highest BCUT2D eigenvalue weighted by molar-refractivity contribution is 7.89. The van der Waals surface area contributed by atoms with Gasteiger partial charge in [-0.2, -0.15) is 0 Å². The Hall–Kier alpha value is -0.950. The van der Waals surface area contributed by atoms with Crippen LogP contribution >= 0.6 is 0 Å². The molecule has 0 aromatic heterocycles. The molecular weight excluding hydrogens is 286 g/mol. The van der Waals surface area contributed by atoms with Crippen LogP contribution in [0, 0.1) is 5.92 Å². The number of nitrogens with zero attached hydrogens (tertiary/aromatic N) is 1. The van der Waals surface area contributed by atoms with Gasteiger partial charge in [0.25, 0.3) is 0 Å². The summed E-state index contributed by atoms with van der Waals surface area (Å²) < 4.78 is 27.8. The molecule has 0 radical (unpaired) electrons. The molecule has 2 N–H and O–H groups in total. The average Bonchev–Trinajstić information content (AvgIpc) is 2.43. The van der Waals surface area contributed by atoms with Gasteiger partial charge >= 0.3 is 0 Å². The maximum absolute atomic E-state index is 12.5. The fourth-order valence-electron chi connectivity index (χ4n) is 2.79. The zero-order valence-corrected chi connectivity index (χ0v) is 13.8. The number of benzene rings is 1. The molecular formula is C15H25N3O2S. The van der Waals surface area contributed by atoms with Crippen molar-refractivity contribution in [2.75, 3.05) is 27.2 Å². The predicted molar refractivity (Wildman–Crippen MR) is 84.6 cm³/mol. The van der Waals surface area contributed by atoms with Gasteiger partial charge in [0.2, 0.25) is 10.0 Å². The highest BCUT2D eigenvalue weighted by Gasteiger charge is 2.28. The van der Waals surface area contributed by atoms with Crippen LogP contribution in [0.1, 0.15) is 18.9 Å². The zero-order chi connectivity index (χ0) is 15.5. The van der Waals surface area contributed by atoms with Crippen LogP contribution in [0.4, 0.5) is 0 Å². The van der Waals surface area contributed by atoms with E-state index in [0.717, 1.165) is 31.6 Å². The summed E-state index contributed by atoms with van der Waals surface area (Å²) in [6.45, 7) is 4.69. The molecule has 1 heterocycles. The summed E-state index contributed by atoms with van der Waals surface area (Å²) in [5.74, 6) is 0.321. The van der Waals surface area contributed by atoms with E-state index in [1.807, 2.05) is 19.2 Å². The number of sulfonamides is 1. The van der Waals surface area contributed by atoms with Gasteiger partial charge in [0.15, 0.2) is 0 Å². The lowest BCUT2D eigenvalue weighted by atomic mass is 9.95. The van der Waals surface area contributed by atoms with Gasteiger partial charge in [0.05, 0.1) is 4.90 Å². The van der Waals surface area contributed by atoms with Gasteiger partial charge in [-0.1, -0.05) is 19.1 Å². The summed E-state index contributed by atoms with van der Waals surface area (Å²) >= 11 is 0. The van der Waals surface area contributed by atoms with E-state index in [1.54, 1.807) is 12.1 Å². The minimum atomic E-state index is -3.43. The standard InChI is InChI=1S/C15H25N3O2S/c1-12-11-18(3)9-8-15(12)17-21(19,20)14-6-4-13(5-7-14)10-16-2/h4-7,12,15-17H,8-11H2,1-3H3. The molecule has 0 bridgehead atoms. The van der Waals surface area contributed by atoms with E-state index < -0.39 is 10.0 Å². The summed E-state index contributed by atoms with van der Waals surface area (Å²) in [6, 6.07) is 7.07. The lowest BCUT2D eigenvalue weighted by molar-refractivity contribution is 0.188. The number of piperidine rings is 1. The molecule has 118 valence electrons. The Kier molecular flexibility index (Phi) is 5.37. The van der Waals surface area contributed by atoms with Crippen LogP contribution in [-0.2, 0) is 16.6 Å². The van der Waals surface area contributed by atoms with E-state index in [1.165, 1.54) is 0 Å². The van der Waals surface area contributed by atoms with Crippen LogP contribution in [0.5, 0.6) is 0 Å². The van der Waals surface area contributed by atoms with Gasteiger partial charge in [-0.25, -0.2) is 13.1 Å². The summed E-state index contributed by atoms with van der Waals surface area (Å²) in [5.41, 5.74) is 1.07. The van der Waals surface area contributed by atoms with Crippen molar-refractivity contribution in [1.29, 1.82) is 0 Å². The van der Waals surface area contributed by atoms with Gasteiger partial charge in [-0.15, -0.1) is 0 Å². The monoisotopic (exact) mass is 311 g/mol. The molecule has 1 aromatic carbocycles. The second kappa shape index (κ2) is 6.87. The molecule has 21 heavy (non-hydrogen) atoms. The third-order valence-corrected chi connectivity index (χ3v) is 5.54. The second-order valence-corrected chi connectivity index (χ2v) is 7.64. The summed E-state index contributed by atoms with van der Waals surface area (Å²) in [5, 5.41) is 3.05. The molecule has 5 nitrogen and oxygen atoms in total. The average molecular weight is 311 g/mol. The van der Waals surface area contributed by atoms with Crippen molar-refractivity contribution in [2.45, 2.75) is 30.8 Å². The Labute approximate surface area is 127 Å². The Morgan fingerprint density at radius 2 is 1.95 bits per heavy atom. The largest absolute Gasteiger partial charge is 0.316 e. The summed E-state index contributed by atoms with van der Waals surface area (Å²) in [7, 11) is 0.509. The molecule has 1 saturated heterocycles. The molecule has 0 saturated carbocycles. The van der Waals surface area contributed by atoms with Crippen LogP contribution in [0.2, 0.25) is 0 Å². The minimum Gasteiger partial charge on any atom is -0.316 e. The maximum Gasteiger partial charge on any atom is 0.240 e. The van der Waals surface area contributed by atoms with Gasteiger partial charge in [-0.3, -0.25) is 0 Å². The number of hydrogen-bond acceptors (Lipinski definition) is 4. The van der Waals surface area contributed by atoms with Crippen molar-refractivity contribution < 1.29 is 8.42 Å². The van der Waals surface area contributed by atoms with Gasteiger partial charge in [0.1, 0.15) is 0 Å². The Morgan fingerprint density at radius 3 is 2.52 bits per heavy atom. The van der Waals surface area contributed by atoms with Crippen molar-refractivity contribution in [3.63, 3.8) is 0 Å². The lowest BCUT2D eigenvalue weighted by Gasteiger charge is -2.34. The molecule has 2 atom stereocenters. The Balaban J connectivity index is 2.07. The van der Waals surface area contributed by atoms with Crippen molar-refractivity contribution in [3.8, 4) is 0 Å². The molecule has 0 amide bonds. The molecule has 1 aliphatic heterocycles. The minimum absolute atomic E-state index is 0.0168. The van der Waals surface area contributed by atoms with Crippen molar-refractivity contribution in [2.24, 2.45) is 5.92 Å². The number of rotatable bonds is 5.